The highest BCUT2D eigenvalue weighted by Crippen LogP contribution is 2.05. The zero-order valence-electron chi connectivity index (χ0n) is 12.1. The van der Waals surface area contributed by atoms with Crippen LogP contribution in [0.3, 0.4) is 0 Å². The fourth-order valence-corrected chi connectivity index (χ4v) is 2.09. The van der Waals surface area contributed by atoms with Gasteiger partial charge in [-0.15, -0.1) is 0 Å². The molecule has 2 rings (SSSR count). The summed E-state index contributed by atoms with van der Waals surface area (Å²) in [5.41, 5.74) is 1.65. The molecule has 0 aliphatic rings. The molecule has 0 aromatic heterocycles. The molecule has 0 fully saturated rings. The molecule has 3 nitrogen and oxygen atoms in total. The van der Waals surface area contributed by atoms with Crippen molar-refractivity contribution in [1.82, 2.24) is 10.2 Å². The smallest absolute Gasteiger partial charge is 0.234 e. The van der Waals surface area contributed by atoms with E-state index in [1.54, 1.807) is 18.2 Å². The Bertz CT molecular complexity index is 586. The van der Waals surface area contributed by atoms with E-state index in [-0.39, 0.29) is 24.8 Å². The van der Waals surface area contributed by atoms with Crippen LogP contribution < -0.4 is 5.32 Å². The van der Waals surface area contributed by atoms with Crippen LogP contribution in [0, 0.1) is 5.82 Å². The second kappa shape index (κ2) is 7.55. The molecule has 0 radical (unpaired) electrons. The summed E-state index contributed by atoms with van der Waals surface area (Å²) in [6, 6.07) is 16.4. The molecule has 2 aromatic rings. The molecule has 0 heterocycles. The van der Waals surface area contributed by atoms with Crippen molar-refractivity contribution in [2.45, 2.75) is 13.1 Å². The van der Waals surface area contributed by atoms with Crippen LogP contribution >= 0.6 is 0 Å². The van der Waals surface area contributed by atoms with Crippen LogP contribution in [0.15, 0.2) is 54.6 Å². The van der Waals surface area contributed by atoms with Gasteiger partial charge >= 0.3 is 0 Å². The Hall–Kier alpha value is -2.20. The zero-order chi connectivity index (χ0) is 15.1. The lowest BCUT2D eigenvalue weighted by atomic mass is 10.2. The molecule has 0 aliphatic heterocycles. The Morgan fingerprint density at radius 2 is 1.76 bits per heavy atom. The number of carbonyl (C=O) groups is 1. The molecule has 0 saturated carbocycles. The highest BCUT2D eigenvalue weighted by atomic mass is 19.1. The van der Waals surface area contributed by atoms with Crippen molar-refractivity contribution in [3.8, 4) is 0 Å². The summed E-state index contributed by atoms with van der Waals surface area (Å²) in [4.78, 5) is 13.8. The lowest BCUT2D eigenvalue weighted by molar-refractivity contribution is -0.122. The fraction of sp³-hybridized carbons (Fsp3) is 0.235. The fourth-order valence-electron chi connectivity index (χ4n) is 2.09. The second-order valence-corrected chi connectivity index (χ2v) is 5.03. The van der Waals surface area contributed by atoms with Crippen molar-refractivity contribution in [3.63, 3.8) is 0 Å². The minimum Gasteiger partial charge on any atom is -0.351 e. The Balaban J connectivity index is 1.78. The molecule has 0 saturated heterocycles. The molecule has 2 aromatic carbocycles. The number of amides is 1. The molecule has 110 valence electrons. The largest absolute Gasteiger partial charge is 0.351 e. The third kappa shape index (κ3) is 5.00. The van der Waals surface area contributed by atoms with Crippen molar-refractivity contribution in [2.75, 3.05) is 13.6 Å². The summed E-state index contributed by atoms with van der Waals surface area (Å²) >= 11 is 0. The maximum Gasteiger partial charge on any atom is 0.234 e. The van der Waals surface area contributed by atoms with E-state index >= 15 is 0 Å². The Labute approximate surface area is 124 Å². The molecular weight excluding hydrogens is 267 g/mol. The predicted octanol–water partition coefficient (Wildman–Crippen LogP) is 2.57. The molecule has 0 aliphatic carbocycles. The Morgan fingerprint density at radius 1 is 1.10 bits per heavy atom. The van der Waals surface area contributed by atoms with Crippen molar-refractivity contribution in [3.05, 3.63) is 71.5 Å². The van der Waals surface area contributed by atoms with Gasteiger partial charge in [0.25, 0.3) is 0 Å². The number of nitrogens with zero attached hydrogens (tertiary/aromatic N) is 1. The van der Waals surface area contributed by atoms with Gasteiger partial charge in [0.15, 0.2) is 0 Å². The van der Waals surface area contributed by atoms with E-state index in [0.717, 1.165) is 5.56 Å². The SMILES string of the molecule is CN(CC(=O)NCc1ccccc1F)Cc1ccccc1. The van der Waals surface area contributed by atoms with Gasteiger partial charge in [0.05, 0.1) is 6.54 Å². The summed E-state index contributed by atoms with van der Waals surface area (Å²) in [5.74, 6) is -0.410. The first-order chi connectivity index (χ1) is 10.1. The third-order valence-corrected chi connectivity index (χ3v) is 3.14. The van der Waals surface area contributed by atoms with Crippen molar-refractivity contribution < 1.29 is 9.18 Å². The van der Waals surface area contributed by atoms with Crippen LogP contribution in [0.5, 0.6) is 0 Å². The van der Waals surface area contributed by atoms with E-state index in [1.165, 1.54) is 6.07 Å². The second-order valence-electron chi connectivity index (χ2n) is 5.03. The van der Waals surface area contributed by atoms with E-state index < -0.39 is 0 Å². The average molecular weight is 286 g/mol. The predicted molar refractivity (Wildman–Crippen MR) is 81.0 cm³/mol. The van der Waals surface area contributed by atoms with Crippen LogP contribution in [0.2, 0.25) is 0 Å². The molecule has 0 spiro atoms. The van der Waals surface area contributed by atoms with Crippen LogP contribution in [0.4, 0.5) is 4.39 Å². The van der Waals surface area contributed by atoms with Crippen molar-refractivity contribution in [2.24, 2.45) is 0 Å². The molecular formula is C17H19FN2O. The first-order valence-corrected chi connectivity index (χ1v) is 6.88. The summed E-state index contributed by atoms with van der Waals surface area (Å²) < 4.78 is 13.4. The van der Waals surface area contributed by atoms with Crippen molar-refractivity contribution in [1.29, 1.82) is 0 Å². The number of carbonyl (C=O) groups excluding carboxylic acids is 1. The van der Waals surface area contributed by atoms with Crippen LogP contribution in [0.1, 0.15) is 11.1 Å². The van der Waals surface area contributed by atoms with Crippen molar-refractivity contribution >= 4 is 5.91 Å². The summed E-state index contributed by atoms with van der Waals surface area (Å²) in [6.45, 7) is 1.20. The van der Waals surface area contributed by atoms with E-state index in [0.29, 0.717) is 12.1 Å². The lowest BCUT2D eigenvalue weighted by Crippen LogP contribution is -2.34. The molecule has 0 unspecified atom stereocenters. The maximum atomic E-state index is 13.4. The zero-order valence-corrected chi connectivity index (χ0v) is 12.1. The van der Waals surface area contributed by atoms with Gasteiger partial charge in [0.2, 0.25) is 5.91 Å². The third-order valence-electron chi connectivity index (χ3n) is 3.14. The minimum atomic E-state index is -0.296. The van der Waals surface area contributed by atoms with E-state index in [2.05, 4.69) is 5.32 Å². The van der Waals surface area contributed by atoms with Crippen LogP contribution in [-0.2, 0) is 17.9 Å². The van der Waals surface area contributed by atoms with E-state index in [1.807, 2.05) is 42.3 Å². The number of hydrogen-bond acceptors (Lipinski definition) is 2. The number of rotatable bonds is 6. The summed E-state index contributed by atoms with van der Waals surface area (Å²) in [7, 11) is 1.88. The first kappa shape index (κ1) is 15.2. The molecule has 1 amide bonds. The average Bonchev–Trinajstić information content (AvgIpc) is 2.47. The van der Waals surface area contributed by atoms with E-state index in [4.69, 9.17) is 0 Å². The normalized spacial score (nSPS) is 10.6. The minimum absolute atomic E-state index is 0.114. The van der Waals surface area contributed by atoms with Gasteiger partial charge in [-0.25, -0.2) is 4.39 Å². The number of likely N-dealkylation sites (N-methyl/N-ethyl adjacent to an activating group) is 1. The summed E-state index contributed by atoms with van der Waals surface area (Å²) in [6.07, 6.45) is 0. The standard InChI is InChI=1S/C17H19FN2O/c1-20(12-14-7-3-2-4-8-14)13-17(21)19-11-15-9-5-6-10-16(15)18/h2-10H,11-13H2,1H3,(H,19,21). The monoisotopic (exact) mass is 286 g/mol. The molecule has 0 bridgehead atoms. The van der Waals surface area contributed by atoms with Gasteiger partial charge in [-0.2, -0.15) is 0 Å². The van der Waals surface area contributed by atoms with Gasteiger partial charge in [-0.1, -0.05) is 48.5 Å². The van der Waals surface area contributed by atoms with Crippen LogP contribution in [-0.4, -0.2) is 24.4 Å². The first-order valence-electron chi connectivity index (χ1n) is 6.88. The van der Waals surface area contributed by atoms with Gasteiger partial charge in [-0.05, 0) is 18.7 Å². The highest BCUT2D eigenvalue weighted by molar-refractivity contribution is 5.77. The number of hydrogen-bond donors (Lipinski definition) is 1. The maximum absolute atomic E-state index is 13.4. The summed E-state index contributed by atoms with van der Waals surface area (Å²) in [5, 5.41) is 2.74. The Morgan fingerprint density at radius 3 is 2.48 bits per heavy atom. The van der Waals surface area contributed by atoms with Gasteiger partial charge < -0.3 is 5.32 Å². The topological polar surface area (TPSA) is 32.3 Å². The molecule has 0 atom stereocenters. The highest BCUT2D eigenvalue weighted by Gasteiger charge is 2.08. The number of halogens is 1. The van der Waals surface area contributed by atoms with Gasteiger partial charge in [0, 0.05) is 18.7 Å². The molecule has 4 heteroatoms. The van der Waals surface area contributed by atoms with E-state index in [9.17, 15) is 9.18 Å². The molecule has 1 N–H and O–H groups in total. The lowest BCUT2D eigenvalue weighted by Gasteiger charge is -2.16. The number of benzene rings is 2. The van der Waals surface area contributed by atoms with Gasteiger partial charge in [-0.3, -0.25) is 9.69 Å². The Kier molecular flexibility index (Phi) is 5.46. The quantitative estimate of drug-likeness (QED) is 0.885. The van der Waals surface area contributed by atoms with Crippen LogP contribution in [0.25, 0.3) is 0 Å². The molecule has 21 heavy (non-hydrogen) atoms. The van der Waals surface area contributed by atoms with Gasteiger partial charge in [0.1, 0.15) is 5.82 Å². The number of nitrogens with one attached hydrogen (secondary N) is 1.